The van der Waals surface area contributed by atoms with Crippen LogP contribution < -0.4 is 5.32 Å². The molecule has 3 rings (SSSR count). The average Bonchev–Trinajstić information content (AvgIpc) is 2.80. The Bertz CT molecular complexity index is 377. The SMILES string of the molecule is O=C(C1CNC1)N1CCC(n2ccnc2)CC1. The molecule has 0 spiro atoms. The van der Waals surface area contributed by atoms with Gasteiger partial charge in [0.2, 0.25) is 5.91 Å². The predicted molar refractivity (Wildman–Crippen MR) is 63.4 cm³/mol. The number of nitrogens with zero attached hydrogens (tertiary/aromatic N) is 3. The molecule has 0 unspecified atom stereocenters. The second-order valence-electron chi connectivity index (χ2n) is 4.92. The van der Waals surface area contributed by atoms with Gasteiger partial charge in [0.15, 0.2) is 0 Å². The number of likely N-dealkylation sites (tertiary alicyclic amines) is 1. The summed E-state index contributed by atoms with van der Waals surface area (Å²) in [7, 11) is 0. The topological polar surface area (TPSA) is 50.2 Å². The number of aromatic nitrogens is 2. The third kappa shape index (κ3) is 2.07. The van der Waals surface area contributed by atoms with E-state index < -0.39 is 0 Å². The number of amides is 1. The van der Waals surface area contributed by atoms with E-state index in [2.05, 4.69) is 14.9 Å². The standard InChI is InChI=1S/C12H18N4O/c17-12(10-7-14-8-10)15-4-1-11(2-5-15)16-6-3-13-9-16/h3,6,9-11,14H,1-2,4-5,7-8H2. The van der Waals surface area contributed by atoms with Crippen molar-refractivity contribution in [2.45, 2.75) is 18.9 Å². The Morgan fingerprint density at radius 3 is 2.59 bits per heavy atom. The molecule has 0 aromatic carbocycles. The zero-order chi connectivity index (χ0) is 11.7. The van der Waals surface area contributed by atoms with E-state index in [0.717, 1.165) is 39.0 Å². The Labute approximate surface area is 101 Å². The van der Waals surface area contributed by atoms with E-state index in [4.69, 9.17) is 0 Å². The van der Waals surface area contributed by atoms with Crippen molar-refractivity contribution >= 4 is 5.91 Å². The normalized spacial score (nSPS) is 22.5. The number of imidazole rings is 1. The molecule has 0 saturated carbocycles. The number of hydrogen-bond donors (Lipinski definition) is 1. The molecule has 92 valence electrons. The highest BCUT2D eigenvalue weighted by molar-refractivity contribution is 5.80. The smallest absolute Gasteiger partial charge is 0.228 e. The Hall–Kier alpha value is -1.36. The van der Waals surface area contributed by atoms with Crippen molar-refractivity contribution in [3.05, 3.63) is 18.7 Å². The average molecular weight is 234 g/mol. The molecule has 1 aromatic rings. The van der Waals surface area contributed by atoms with E-state index in [1.165, 1.54) is 0 Å². The van der Waals surface area contributed by atoms with Crippen LogP contribution in [0.2, 0.25) is 0 Å². The molecule has 1 N–H and O–H groups in total. The molecule has 2 saturated heterocycles. The van der Waals surface area contributed by atoms with Gasteiger partial charge in [0.25, 0.3) is 0 Å². The van der Waals surface area contributed by atoms with Crippen LogP contribution in [0.25, 0.3) is 0 Å². The van der Waals surface area contributed by atoms with Crippen molar-refractivity contribution in [1.82, 2.24) is 19.8 Å². The summed E-state index contributed by atoms with van der Waals surface area (Å²) >= 11 is 0. The molecule has 0 atom stereocenters. The van der Waals surface area contributed by atoms with Crippen molar-refractivity contribution in [3.8, 4) is 0 Å². The Morgan fingerprint density at radius 1 is 1.29 bits per heavy atom. The van der Waals surface area contributed by atoms with Gasteiger partial charge in [0, 0.05) is 44.6 Å². The van der Waals surface area contributed by atoms with Gasteiger partial charge in [-0.1, -0.05) is 0 Å². The first-order chi connectivity index (χ1) is 8.34. The van der Waals surface area contributed by atoms with E-state index in [-0.39, 0.29) is 5.92 Å². The maximum Gasteiger partial charge on any atom is 0.228 e. The number of carbonyl (C=O) groups is 1. The minimum atomic E-state index is 0.236. The van der Waals surface area contributed by atoms with Gasteiger partial charge in [0.1, 0.15) is 0 Å². The van der Waals surface area contributed by atoms with Gasteiger partial charge in [0.05, 0.1) is 12.2 Å². The fourth-order valence-electron chi connectivity index (χ4n) is 2.59. The van der Waals surface area contributed by atoms with Crippen molar-refractivity contribution in [2.75, 3.05) is 26.2 Å². The molecule has 0 bridgehead atoms. The molecular formula is C12H18N4O. The summed E-state index contributed by atoms with van der Waals surface area (Å²) in [6.45, 7) is 3.50. The number of piperidine rings is 1. The van der Waals surface area contributed by atoms with E-state index in [1.807, 2.05) is 23.6 Å². The van der Waals surface area contributed by atoms with E-state index in [1.54, 1.807) is 0 Å². The van der Waals surface area contributed by atoms with Crippen LogP contribution in [0.3, 0.4) is 0 Å². The van der Waals surface area contributed by atoms with Crippen LogP contribution in [0.1, 0.15) is 18.9 Å². The van der Waals surface area contributed by atoms with Crippen LogP contribution in [-0.4, -0.2) is 46.5 Å². The first kappa shape index (κ1) is 10.8. The predicted octanol–water partition coefficient (Wildman–Crippen LogP) is 0.266. The summed E-state index contributed by atoms with van der Waals surface area (Å²) in [5.41, 5.74) is 0. The summed E-state index contributed by atoms with van der Waals surface area (Å²) < 4.78 is 2.16. The molecule has 1 amide bonds. The second-order valence-corrected chi connectivity index (χ2v) is 4.92. The van der Waals surface area contributed by atoms with Gasteiger partial charge in [-0.3, -0.25) is 4.79 Å². The first-order valence-corrected chi connectivity index (χ1v) is 6.31. The summed E-state index contributed by atoms with van der Waals surface area (Å²) in [5, 5.41) is 3.15. The van der Waals surface area contributed by atoms with Crippen LogP contribution in [0, 0.1) is 5.92 Å². The lowest BCUT2D eigenvalue weighted by Gasteiger charge is -2.37. The third-order valence-corrected chi connectivity index (χ3v) is 3.85. The van der Waals surface area contributed by atoms with Gasteiger partial charge in [-0.25, -0.2) is 4.98 Å². The highest BCUT2D eigenvalue weighted by atomic mass is 16.2. The van der Waals surface area contributed by atoms with E-state index >= 15 is 0 Å². The first-order valence-electron chi connectivity index (χ1n) is 6.31. The summed E-state index contributed by atoms with van der Waals surface area (Å²) in [5.74, 6) is 0.577. The van der Waals surface area contributed by atoms with Gasteiger partial charge < -0.3 is 14.8 Å². The molecule has 0 radical (unpaired) electrons. The number of rotatable bonds is 2. The van der Waals surface area contributed by atoms with Gasteiger partial charge >= 0.3 is 0 Å². The van der Waals surface area contributed by atoms with Crippen molar-refractivity contribution in [2.24, 2.45) is 5.92 Å². The van der Waals surface area contributed by atoms with Gasteiger partial charge in [-0.15, -0.1) is 0 Å². The van der Waals surface area contributed by atoms with Crippen LogP contribution >= 0.6 is 0 Å². The second kappa shape index (κ2) is 4.49. The maximum atomic E-state index is 12.0. The molecule has 3 heterocycles. The summed E-state index contributed by atoms with van der Waals surface area (Å²) in [6, 6.07) is 0.515. The molecular weight excluding hydrogens is 216 g/mol. The number of carbonyl (C=O) groups excluding carboxylic acids is 1. The number of nitrogens with one attached hydrogen (secondary N) is 1. The minimum absolute atomic E-state index is 0.236. The highest BCUT2D eigenvalue weighted by Gasteiger charge is 2.31. The van der Waals surface area contributed by atoms with Gasteiger partial charge in [-0.05, 0) is 12.8 Å². The largest absolute Gasteiger partial charge is 0.342 e. The Kier molecular flexibility index (Phi) is 2.84. The Morgan fingerprint density at radius 2 is 2.06 bits per heavy atom. The van der Waals surface area contributed by atoms with Crippen LogP contribution in [0.4, 0.5) is 0 Å². The molecule has 2 aliphatic heterocycles. The monoisotopic (exact) mass is 234 g/mol. The maximum absolute atomic E-state index is 12.0. The third-order valence-electron chi connectivity index (χ3n) is 3.85. The fourth-order valence-corrected chi connectivity index (χ4v) is 2.59. The molecule has 0 aliphatic carbocycles. The Balaban J connectivity index is 1.55. The molecule has 2 fully saturated rings. The van der Waals surface area contributed by atoms with Crippen molar-refractivity contribution < 1.29 is 4.79 Å². The fraction of sp³-hybridized carbons (Fsp3) is 0.667. The highest BCUT2D eigenvalue weighted by Crippen LogP contribution is 2.23. The van der Waals surface area contributed by atoms with Crippen LogP contribution in [0.5, 0.6) is 0 Å². The minimum Gasteiger partial charge on any atom is -0.342 e. The van der Waals surface area contributed by atoms with Crippen LogP contribution in [-0.2, 0) is 4.79 Å². The molecule has 1 aromatic heterocycles. The molecule has 5 nitrogen and oxygen atoms in total. The lowest BCUT2D eigenvalue weighted by molar-refractivity contribution is -0.138. The molecule has 5 heteroatoms. The van der Waals surface area contributed by atoms with E-state index in [0.29, 0.717) is 11.9 Å². The van der Waals surface area contributed by atoms with Crippen LogP contribution in [0.15, 0.2) is 18.7 Å². The van der Waals surface area contributed by atoms with Crippen molar-refractivity contribution in [3.63, 3.8) is 0 Å². The lowest BCUT2D eigenvalue weighted by Crippen LogP contribution is -2.53. The summed E-state index contributed by atoms with van der Waals surface area (Å²) in [6.07, 6.45) is 7.79. The lowest BCUT2D eigenvalue weighted by atomic mass is 9.98. The summed E-state index contributed by atoms with van der Waals surface area (Å²) in [4.78, 5) is 18.1. The molecule has 2 aliphatic rings. The zero-order valence-corrected chi connectivity index (χ0v) is 9.88. The number of hydrogen-bond acceptors (Lipinski definition) is 3. The van der Waals surface area contributed by atoms with Gasteiger partial charge in [-0.2, -0.15) is 0 Å². The molecule has 17 heavy (non-hydrogen) atoms. The quantitative estimate of drug-likeness (QED) is 0.799. The van der Waals surface area contributed by atoms with E-state index in [9.17, 15) is 4.79 Å². The zero-order valence-electron chi connectivity index (χ0n) is 9.88. The van der Waals surface area contributed by atoms with Crippen molar-refractivity contribution in [1.29, 1.82) is 0 Å².